The highest BCUT2D eigenvalue weighted by molar-refractivity contribution is 7.98. The van der Waals surface area contributed by atoms with Gasteiger partial charge in [-0.25, -0.2) is 8.42 Å². The number of nitro groups is 1. The van der Waals surface area contributed by atoms with Gasteiger partial charge in [0.05, 0.1) is 16.4 Å². The number of carbonyl (C=O) groups is 1. The number of nitrogens with one attached hydrogen (secondary N) is 1. The number of thioether (sulfide) groups is 1. The fourth-order valence-corrected chi connectivity index (χ4v) is 3.40. The molecule has 0 aliphatic carbocycles. The highest BCUT2D eigenvalue weighted by Gasteiger charge is 2.26. The van der Waals surface area contributed by atoms with Gasteiger partial charge >= 0.3 is 5.97 Å². The van der Waals surface area contributed by atoms with Crippen LogP contribution in [0, 0.1) is 10.1 Å². The van der Waals surface area contributed by atoms with Crippen LogP contribution in [0.5, 0.6) is 0 Å². The summed E-state index contributed by atoms with van der Waals surface area (Å²) in [6, 6.07) is 3.43. The monoisotopic (exact) mass is 362 g/mol. The standard InChI is InChI=1S/C13H18N2O6S2/c1-3-21-13(16)12(8-9-22-2)14-23(19,20)11-6-4-10(5-7-11)15(17)18/h4-7,12,14H,3,8-9H2,1-2H3/t12-/m1/s1. The van der Waals surface area contributed by atoms with E-state index in [2.05, 4.69) is 4.72 Å². The molecule has 1 aromatic rings. The van der Waals surface area contributed by atoms with E-state index in [-0.39, 0.29) is 23.6 Å². The van der Waals surface area contributed by atoms with Crippen LogP contribution in [0.3, 0.4) is 0 Å². The predicted octanol–water partition coefficient (Wildman–Crippen LogP) is 1.56. The Bertz CT molecular complexity index is 645. The fourth-order valence-electron chi connectivity index (χ4n) is 1.71. The fraction of sp³-hybridized carbons (Fsp3) is 0.462. The number of nitro benzene ring substituents is 1. The van der Waals surface area contributed by atoms with Crippen LogP contribution in [0.15, 0.2) is 29.2 Å². The number of carbonyl (C=O) groups excluding carboxylic acids is 1. The van der Waals surface area contributed by atoms with Crippen LogP contribution in [-0.2, 0) is 19.6 Å². The summed E-state index contributed by atoms with van der Waals surface area (Å²) in [5, 5.41) is 10.6. The van der Waals surface area contributed by atoms with E-state index >= 15 is 0 Å². The molecule has 1 aromatic carbocycles. The summed E-state index contributed by atoms with van der Waals surface area (Å²) in [5.74, 6) is -0.0706. The third kappa shape index (κ3) is 5.81. The lowest BCUT2D eigenvalue weighted by molar-refractivity contribution is -0.384. The summed E-state index contributed by atoms with van der Waals surface area (Å²) in [6.45, 7) is 1.78. The maximum Gasteiger partial charge on any atom is 0.324 e. The zero-order chi connectivity index (χ0) is 17.5. The topological polar surface area (TPSA) is 116 Å². The smallest absolute Gasteiger partial charge is 0.324 e. The molecule has 0 unspecified atom stereocenters. The van der Waals surface area contributed by atoms with Gasteiger partial charge in [-0.1, -0.05) is 0 Å². The Morgan fingerprint density at radius 3 is 2.48 bits per heavy atom. The molecule has 0 saturated carbocycles. The van der Waals surface area contributed by atoms with E-state index in [1.54, 1.807) is 6.92 Å². The molecule has 8 nitrogen and oxygen atoms in total. The highest BCUT2D eigenvalue weighted by Crippen LogP contribution is 2.16. The molecule has 23 heavy (non-hydrogen) atoms. The van der Waals surface area contributed by atoms with Crippen LogP contribution < -0.4 is 4.72 Å². The summed E-state index contributed by atoms with van der Waals surface area (Å²) in [5.41, 5.74) is -0.215. The normalized spacial score (nSPS) is 12.6. The Balaban J connectivity index is 2.95. The largest absolute Gasteiger partial charge is 0.465 e. The quantitative estimate of drug-likeness (QED) is 0.402. The molecule has 1 rings (SSSR count). The second-order valence-electron chi connectivity index (χ2n) is 4.46. The van der Waals surface area contributed by atoms with Crippen LogP contribution in [0.2, 0.25) is 0 Å². The number of hydrogen-bond acceptors (Lipinski definition) is 7. The third-order valence-corrected chi connectivity index (χ3v) is 4.97. The molecule has 0 fully saturated rings. The number of benzene rings is 1. The van der Waals surface area contributed by atoms with Crippen molar-refractivity contribution < 1.29 is 22.9 Å². The van der Waals surface area contributed by atoms with Crippen molar-refractivity contribution in [1.82, 2.24) is 4.72 Å². The second-order valence-corrected chi connectivity index (χ2v) is 7.16. The Morgan fingerprint density at radius 2 is 2.00 bits per heavy atom. The summed E-state index contributed by atoms with van der Waals surface area (Å²) in [7, 11) is -3.98. The number of ether oxygens (including phenoxy) is 1. The zero-order valence-corrected chi connectivity index (χ0v) is 14.4. The number of sulfonamides is 1. The van der Waals surface area contributed by atoms with Gasteiger partial charge in [0.1, 0.15) is 6.04 Å². The van der Waals surface area contributed by atoms with Crippen LogP contribution in [0.1, 0.15) is 13.3 Å². The Hall–Kier alpha value is -1.65. The van der Waals surface area contributed by atoms with E-state index in [0.717, 1.165) is 24.3 Å². The van der Waals surface area contributed by atoms with E-state index in [1.165, 1.54) is 11.8 Å². The molecule has 0 aliphatic heterocycles. The lowest BCUT2D eigenvalue weighted by Gasteiger charge is -2.17. The molecule has 0 saturated heterocycles. The van der Waals surface area contributed by atoms with E-state index in [9.17, 15) is 23.3 Å². The molecule has 0 bridgehead atoms. The van der Waals surface area contributed by atoms with Crippen molar-refractivity contribution in [3.8, 4) is 0 Å². The van der Waals surface area contributed by atoms with Crippen molar-refractivity contribution in [2.75, 3.05) is 18.6 Å². The molecular weight excluding hydrogens is 344 g/mol. The average molecular weight is 362 g/mol. The minimum Gasteiger partial charge on any atom is -0.465 e. The lowest BCUT2D eigenvalue weighted by Crippen LogP contribution is -2.42. The minimum absolute atomic E-state index is 0.147. The average Bonchev–Trinajstić information content (AvgIpc) is 2.51. The Labute approximate surface area is 138 Å². The molecule has 0 aromatic heterocycles. The zero-order valence-electron chi connectivity index (χ0n) is 12.7. The van der Waals surface area contributed by atoms with Crippen molar-refractivity contribution in [2.45, 2.75) is 24.3 Å². The van der Waals surface area contributed by atoms with Crippen molar-refractivity contribution in [1.29, 1.82) is 0 Å². The molecule has 1 N–H and O–H groups in total. The van der Waals surface area contributed by atoms with Gasteiger partial charge in [-0.15, -0.1) is 0 Å². The molecule has 10 heteroatoms. The molecule has 1 atom stereocenters. The SMILES string of the molecule is CCOC(=O)[C@@H](CCSC)NS(=O)(=O)c1ccc([N+](=O)[O-])cc1. The van der Waals surface area contributed by atoms with Gasteiger partial charge < -0.3 is 4.74 Å². The minimum atomic E-state index is -3.98. The maximum absolute atomic E-state index is 12.3. The first-order valence-corrected chi connectivity index (χ1v) is 9.62. The van der Waals surface area contributed by atoms with E-state index in [4.69, 9.17) is 4.74 Å². The van der Waals surface area contributed by atoms with Gasteiger partial charge in [-0.2, -0.15) is 16.5 Å². The van der Waals surface area contributed by atoms with E-state index in [0.29, 0.717) is 5.75 Å². The maximum atomic E-state index is 12.3. The molecular formula is C13H18N2O6S2. The number of hydrogen-bond donors (Lipinski definition) is 1. The van der Waals surface area contributed by atoms with Crippen LogP contribution >= 0.6 is 11.8 Å². The Kier molecular flexibility index (Phi) is 7.46. The van der Waals surface area contributed by atoms with E-state index in [1.807, 2.05) is 6.26 Å². The first kappa shape index (κ1) is 19.4. The van der Waals surface area contributed by atoms with Gasteiger partial charge in [0.15, 0.2) is 0 Å². The van der Waals surface area contributed by atoms with Gasteiger partial charge in [-0.3, -0.25) is 14.9 Å². The van der Waals surface area contributed by atoms with Gasteiger partial charge in [0.2, 0.25) is 10.0 Å². The molecule has 0 heterocycles. The van der Waals surface area contributed by atoms with Crippen molar-refractivity contribution in [3.63, 3.8) is 0 Å². The number of esters is 1. The summed E-state index contributed by atoms with van der Waals surface area (Å²) < 4.78 is 31.8. The van der Waals surface area contributed by atoms with Crippen LogP contribution in [0.4, 0.5) is 5.69 Å². The second kappa shape index (κ2) is 8.85. The summed E-state index contributed by atoms with van der Waals surface area (Å²) >= 11 is 1.47. The third-order valence-electron chi connectivity index (χ3n) is 2.84. The van der Waals surface area contributed by atoms with Crippen LogP contribution in [-0.4, -0.2) is 44.0 Å². The molecule has 0 spiro atoms. The van der Waals surface area contributed by atoms with Crippen LogP contribution in [0.25, 0.3) is 0 Å². The highest BCUT2D eigenvalue weighted by atomic mass is 32.2. The molecule has 0 amide bonds. The van der Waals surface area contributed by atoms with Crippen molar-refractivity contribution in [2.24, 2.45) is 0 Å². The van der Waals surface area contributed by atoms with E-state index < -0.39 is 27.0 Å². The molecule has 0 radical (unpaired) electrons. The Morgan fingerprint density at radius 1 is 1.39 bits per heavy atom. The number of rotatable bonds is 9. The first-order chi connectivity index (χ1) is 10.8. The van der Waals surface area contributed by atoms with Gasteiger partial charge in [-0.05, 0) is 37.5 Å². The lowest BCUT2D eigenvalue weighted by atomic mass is 10.2. The van der Waals surface area contributed by atoms with Crippen molar-refractivity contribution >= 4 is 33.4 Å². The first-order valence-electron chi connectivity index (χ1n) is 6.74. The van der Waals surface area contributed by atoms with Gasteiger partial charge in [0, 0.05) is 12.1 Å². The summed E-state index contributed by atoms with van der Waals surface area (Å²) in [6.07, 6.45) is 2.12. The van der Waals surface area contributed by atoms with Gasteiger partial charge in [0.25, 0.3) is 5.69 Å². The predicted molar refractivity (Wildman–Crippen MR) is 86.8 cm³/mol. The number of non-ortho nitro benzene ring substituents is 1. The molecule has 128 valence electrons. The molecule has 0 aliphatic rings. The number of nitrogens with zero attached hydrogens (tertiary/aromatic N) is 1. The van der Waals surface area contributed by atoms with Crippen molar-refractivity contribution in [3.05, 3.63) is 34.4 Å². The summed E-state index contributed by atoms with van der Waals surface area (Å²) in [4.78, 5) is 21.7.